The molecule has 0 bridgehead atoms. The number of hydrogen-bond donors (Lipinski definition) is 0. The van der Waals surface area contributed by atoms with Gasteiger partial charge in [0.15, 0.2) is 0 Å². The van der Waals surface area contributed by atoms with Crippen LogP contribution in [0.5, 0.6) is 0 Å². The summed E-state index contributed by atoms with van der Waals surface area (Å²) in [4.78, 5) is 6.69. The lowest BCUT2D eigenvalue weighted by Crippen LogP contribution is -2.59. The molecule has 1 saturated heterocycles. The van der Waals surface area contributed by atoms with Gasteiger partial charge in [-0.25, -0.2) is 0 Å². The zero-order valence-corrected chi connectivity index (χ0v) is 19.3. The molecule has 1 atom stereocenters. The van der Waals surface area contributed by atoms with Gasteiger partial charge in [0.25, 0.3) is 0 Å². The van der Waals surface area contributed by atoms with Crippen molar-refractivity contribution in [2.75, 3.05) is 0 Å². The Kier molecular flexibility index (Phi) is 6.48. The van der Waals surface area contributed by atoms with Crippen LogP contribution in [0, 0.1) is 0 Å². The van der Waals surface area contributed by atoms with Gasteiger partial charge in [-0.15, -0.1) is 0 Å². The Hall–Kier alpha value is -1.42. The summed E-state index contributed by atoms with van der Waals surface area (Å²) in [5.41, 5.74) is 3.62. The quantitative estimate of drug-likeness (QED) is 0.449. The number of hydroxylamine groups is 2. The van der Waals surface area contributed by atoms with E-state index >= 15 is 0 Å². The second-order valence-electron chi connectivity index (χ2n) is 9.04. The minimum absolute atomic E-state index is 0.0232. The second-order valence-corrected chi connectivity index (χ2v) is 9.95. The molecule has 1 heterocycles. The standard InChI is InChI=1S/C25H32BrNO/c1-19(28-27-24(2,3)16-9-17-25(27,4)5)23(21-10-7-6-8-11-21)18-20-12-14-22(26)15-13-20/h6-8,10-15,18-19H,9,16-17H2,1-5H3/b23-18-. The largest absolute Gasteiger partial charge is 0.290 e. The van der Waals surface area contributed by atoms with Gasteiger partial charge in [0.2, 0.25) is 0 Å². The summed E-state index contributed by atoms with van der Waals surface area (Å²) in [6.07, 6.45) is 5.74. The highest BCUT2D eigenvalue weighted by atomic mass is 79.9. The predicted molar refractivity (Wildman–Crippen MR) is 123 cm³/mol. The van der Waals surface area contributed by atoms with E-state index in [-0.39, 0.29) is 17.2 Å². The lowest BCUT2D eigenvalue weighted by Gasteiger charge is -2.52. The molecule has 2 aromatic rings. The van der Waals surface area contributed by atoms with E-state index in [4.69, 9.17) is 4.84 Å². The Morgan fingerprint density at radius 3 is 2.11 bits per heavy atom. The molecule has 1 aliphatic rings. The van der Waals surface area contributed by atoms with Crippen LogP contribution in [0.3, 0.4) is 0 Å². The molecule has 3 heteroatoms. The fourth-order valence-corrected chi connectivity index (χ4v) is 4.55. The van der Waals surface area contributed by atoms with E-state index in [9.17, 15) is 0 Å². The first-order valence-electron chi connectivity index (χ1n) is 10.2. The summed E-state index contributed by atoms with van der Waals surface area (Å²) >= 11 is 3.52. The van der Waals surface area contributed by atoms with Crippen LogP contribution in [0.1, 0.15) is 65.0 Å². The Morgan fingerprint density at radius 2 is 1.54 bits per heavy atom. The van der Waals surface area contributed by atoms with Crippen LogP contribution >= 0.6 is 15.9 Å². The van der Waals surface area contributed by atoms with Gasteiger partial charge < -0.3 is 0 Å². The van der Waals surface area contributed by atoms with Crippen molar-refractivity contribution in [3.8, 4) is 0 Å². The second kappa shape index (κ2) is 8.52. The van der Waals surface area contributed by atoms with E-state index in [0.29, 0.717) is 0 Å². The zero-order chi connectivity index (χ0) is 20.4. The maximum absolute atomic E-state index is 6.69. The minimum atomic E-state index is -0.0531. The maximum Gasteiger partial charge on any atom is 0.102 e. The lowest BCUT2D eigenvalue weighted by atomic mass is 9.82. The van der Waals surface area contributed by atoms with Gasteiger partial charge in [-0.2, -0.15) is 5.06 Å². The van der Waals surface area contributed by atoms with Gasteiger partial charge in [-0.1, -0.05) is 58.4 Å². The molecule has 0 aromatic heterocycles. The summed E-state index contributed by atoms with van der Waals surface area (Å²) in [5.74, 6) is 0. The molecule has 2 aromatic carbocycles. The van der Waals surface area contributed by atoms with E-state index in [2.05, 4.69) is 116 Å². The topological polar surface area (TPSA) is 12.5 Å². The summed E-state index contributed by atoms with van der Waals surface area (Å²) in [6.45, 7) is 11.3. The molecule has 0 amide bonds. The maximum atomic E-state index is 6.69. The van der Waals surface area contributed by atoms with Crippen molar-refractivity contribution in [2.24, 2.45) is 0 Å². The van der Waals surface area contributed by atoms with Crippen molar-refractivity contribution in [1.29, 1.82) is 0 Å². The normalized spacial score (nSPS) is 20.7. The van der Waals surface area contributed by atoms with E-state index in [1.54, 1.807) is 0 Å². The van der Waals surface area contributed by atoms with Gasteiger partial charge >= 0.3 is 0 Å². The summed E-state index contributed by atoms with van der Waals surface area (Å²) in [6, 6.07) is 19.0. The van der Waals surface area contributed by atoms with Crippen LogP contribution in [0.2, 0.25) is 0 Å². The smallest absolute Gasteiger partial charge is 0.102 e. The van der Waals surface area contributed by atoms with Crippen LogP contribution in [0.15, 0.2) is 59.1 Å². The zero-order valence-electron chi connectivity index (χ0n) is 17.7. The van der Waals surface area contributed by atoms with Crippen LogP contribution < -0.4 is 0 Å². The number of nitrogens with zero attached hydrogens (tertiary/aromatic N) is 1. The van der Waals surface area contributed by atoms with Crippen LogP contribution in [-0.4, -0.2) is 22.2 Å². The highest BCUT2D eigenvalue weighted by Crippen LogP contribution is 2.40. The molecule has 0 radical (unpaired) electrons. The van der Waals surface area contributed by atoms with E-state index in [1.165, 1.54) is 23.1 Å². The van der Waals surface area contributed by atoms with Gasteiger partial charge in [0.05, 0.1) is 0 Å². The molecule has 0 N–H and O–H groups in total. The Balaban J connectivity index is 1.95. The monoisotopic (exact) mass is 441 g/mol. The van der Waals surface area contributed by atoms with Crippen molar-refractivity contribution in [3.05, 3.63) is 70.2 Å². The van der Waals surface area contributed by atoms with E-state index in [1.807, 2.05) is 0 Å². The molecule has 0 saturated carbocycles. The SMILES string of the molecule is CC(ON1C(C)(C)CCCC1(C)C)/C(=C/c1ccc(Br)cc1)c1ccccc1. The molecule has 1 unspecified atom stereocenters. The minimum Gasteiger partial charge on any atom is -0.290 e. The molecular weight excluding hydrogens is 410 g/mol. The van der Waals surface area contributed by atoms with Crippen molar-refractivity contribution in [3.63, 3.8) is 0 Å². The van der Waals surface area contributed by atoms with Gasteiger partial charge in [-0.05, 0) is 88.8 Å². The number of benzene rings is 2. The molecule has 2 nitrogen and oxygen atoms in total. The Morgan fingerprint density at radius 1 is 0.964 bits per heavy atom. The van der Waals surface area contributed by atoms with Gasteiger partial charge in [0, 0.05) is 15.6 Å². The number of halogens is 1. The first-order valence-corrected chi connectivity index (χ1v) is 11.0. The molecule has 28 heavy (non-hydrogen) atoms. The molecule has 1 fully saturated rings. The third-order valence-corrected chi connectivity index (χ3v) is 6.21. The summed E-state index contributed by atoms with van der Waals surface area (Å²) in [5, 5.41) is 2.26. The van der Waals surface area contributed by atoms with E-state index < -0.39 is 0 Å². The van der Waals surface area contributed by atoms with Crippen LogP contribution in [0.25, 0.3) is 11.6 Å². The van der Waals surface area contributed by atoms with Gasteiger partial charge in [-0.3, -0.25) is 4.84 Å². The average Bonchev–Trinajstić information content (AvgIpc) is 2.64. The molecule has 150 valence electrons. The molecule has 0 aliphatic carbocycles. The van der Waals surface area contributed by atoms with Crippen molar-refractivity contribution in [1.82, 2.24) is 5.06 Å². The Bertz CT molecular complexity index is 792. The lowest BCUT2D eigenvalue weighted by molar-refractivity contribution is -0.291. The molecule has 1 aliphatic heterocycles. The number of piperidine rings is 1. The third-order valence-electron chi connectivity index (χ3n) is 5.68. The molecule has 0 spiro atoms. The first kappa shape index (κ1) is 21.3. The molecule has 3 rings (SSSR count). The molecular formula is C25H32BrNO. The highest BCUT2D eigenvalue weighted by molar-refractivity contribution is 9.10. The summed E-state index contributed by atoms with van der Waals surface area (Å²) < 4.78 is 1.09. The van der Waals surface area contributed by atoms with Crippen LogP contribution in [-0.2, 0) is 4.84 Å². The predicted octanol–water partition coefficient (Wildman–Crippen LogP) is 7.35. The fourth-order valence-electron chi connectivity index (χ4n) is 4.28. The first-order chi connectivity index (χ1) is 13.2. The average molecular weight is 442 g/mol. The van der Waals surface area contributed by atoms with Crippen molar-refractivity contribution in [2.45, 2.75) is 71.1 Å². The highest BCUT2D eigenvalue weighted by Gasteiger charge is 2.43. The van der Waals surface area contributed by atoms with E-state index in [0.717, 1.165) is 17.3 Å². The number of hydrogen-bond acceptors (Lipinski definition) is 2. The van der Waals surface area contributed by atoms with Crippen molar-refractivity contribution < 1.29 is 4.84 Å². The van der Waals surface area contributed by atoms with Gasteiger partial charge in [0.1, 0.15) is 6.10 Å². The van der Waals surface area contributed by atoms with Crippen molar-refractivity contribution >= 4 is 27.6 Å². The fraction of sp³-hybridized carbons (Fsp3) is 0.440. The van der Waals surface area contributed by atoms with Crippen LogP contribution in [0.4, 0.5) is 0 Å². The third kappa shape index (κ3) is 4.94. The Labute approximate surface area is 178 Å². The number of rotatable bonds is 5. The summed E-state index contributed by atoms with van der Waals surface area (Å²) in [7, 11) is 0.